The van der Waals surface area contributed by atoms with Gasteiger partial charge in [-0.2, -0.15) is 0 Å². The molecule has 0 atom stereocenters. The Morgan fingerprint density at radius 2 is 1.95 bits per heavy atom. The number of nitrogens with one attached hydrogen (secondary N) is 1. The monoisotopic (exact) mass is 304 g/mol. The molecule has 2 rings (SSSR count). The number of hydrogen-bond acceptors (Lipinski definition) is 3. The molecule has 0 aliphatic heterocycles. The summed E-state index contributed by atoms with van der Waals surface area (Å²) in [6.07, 6.45) is 1.48. The fourth-order valence-electron chi connectivity index (χ4n) is 1.91. The van der Waals surface area contributed by atoms with E-state index in [4.69, 9.17) is 16.7 Å². The first-order valence-electron chi connectivity index (χ1n) is 6.16. The number of halogens is 1. The zero-order chi connectivity index (χ0) is 15.6. The molecule has 1 aromatic carbocycles. The third-order valence-electron chi connectivity index (χ3n) is 3.16. The maximum atomic E-state index is 12.1. The van der Waals surface area contributed by atoms with Crippen molar-refractivity contribution in [1.29, 1.82) is 0 Å². The fourth-order valence-corrected chi connectivity index (χ4v) is 2.11. The zero-order valence-corrected chi connectivity index (χ0v) is 12.2. The van der Waals surface area contributed by atoms with Crippen molar-refractivity contribution in [2.45, 2.75) is 13.8 Å². The van der Waals surface area contributed by atoms with Gasteiger partial charge in [0.05, 0.1) is 11.1 Å². The van der Waals surface area contributed by atoms with Gasteiger partial charge in [-0.15, -0.1) is 0 Å². The van der Waals surface area contributed by atoms with Crippen LogP contribution in [0.4, 0.5) is 5.69 Å². The number of nitrogens with zero attached hydrogens (tertiary/aromatic N) is 1. The number of aryl methyl sites for hydroxylation is 1. The van der Waals surface area contributed by atoms with Gasteiger partial charge in [0.1, 0.15) is 5.15 Å². The Kier molecular flexibility index (Phi) is 4.23. The van der Waals surface area contributed by atoms with E-state index in [0.29, 0.717) is 11.3 Å². The third kappa shape index (κ3) is 3.20. The topological polar surface area (TPSA) is 79.3 Å². The normalized spacial score (nSPS) is 10.2. The van der Waals surface area contributed by atoms with Crippen LogP contribution in [0.1, 0.15) is 31.8 Å². The van der Waals surface area contributed by atoms with E-state index in [2.05, 4.69) is 10.3 Å². The van der Waals surface area contributed by atoms with E-state index in [-0.39, 0.29) is 16.3 Å². The van der Waals surface area contributed by atoms with Crippen molar-refractivity contribution in [3.05, 3.63) is 57.9 Å². The molecule has 1 aromatic heterocycles. The third-order valence-corrected chi connectivity index (χ3v) is 3.46. The average Bonchev–Trinajstić information content (AvgIpc) is 2.42. The molecular formula is C15H13ClN2O3. The van der Waals surface area contributed by atoms with Gasteiger partial charge in [0.25, 0.3) is 5.91 Å². The molecule has 108 valence electrons. The van der Waals surface area contributed by atoms with Crippen LogP contribution in [0.25, 0.3) is 0 Å². The first-order chi connectivity index (χ1) is 9.90. The van der Waals surface area contributed by atoms with Crippen molar-refractivity contribution in [2.75, 3.05) is 5.32 Å². The Bertz CT molecular complexity index is 729. The molecule has 0 radical (unpaired) electrons. The van der Waals surface area contributed by atoms with Crippen LogP contribution in [0.5, 0.6) is 0 Å². The number of anilines is 1. The Morgan fingerprint density at radius 3 is 2.57 bits per heavy atom. The van der Waals surface area contributed by atoms with Crippen LogP contribution in [0.3, 0.4) is 0 Å². The molecule has 6 heteroatoms. The van der Waals surface area contributed by atoms with Gasteiger partial charge in [0.15, 0.2) is 0 Å². The van der Waals surface area contributed by atoms with Crippen LogP contribution in [0.2, 0.25) is 5.15 Å². The van der Waals surface area contributed by atoms with Crippen molar-refractivity contribution in [3.8, 4) is 0 Å². The Balaban J connectivity index is 2.34. The van der Waals surface area contributed by atoms with Crippen LogP contribution in [-0.2, 0) is 0 Å². The summed E-state index contributed by atoms with van der Waals surface area (Å²) in [6, 6.07) is 6.28. The Morgan fingerprint density at radius 1 is 1.24 bits per heavy atom. The molecule has 5 nitrogen and oxygen atoms in total. The van der Waals surface area contributed by atoms with E-state index in [0.717, 1.165) is 5.56 Å². The van der Waals surface area contributed by atoms with Crippen LogP contribution in [0, 0.1) is 13.8 Å². The SMILES string of the molecule is Cc1cc(NC(=O)c2cccnc2Cl)cc(C(=O)O)c1C. The first kappa shape index (κ1) is 15.0. The Labute approximate surface area is 126 Å². The molecule has 2 N–H and O–H groups in total. The van der Waals surface area contributed by atoms with Gasteiger partial charge in [0, 0.05) is 11.9 Å². The summed E-state index contributed by atoms with van der Waals surface area (Å²) in [5.41, 5.74) is 2.24. The quantitative estimate of drug-likeness (QED) is 0.853. The van der Waals surface area contributed by atoms with Gasteiger partial charge in [-0.05, 0) is 49.2 Å². The van der Waals surface area contributed by atoms with E-state index < -0.39 is 11.9 Å². The summed E-state index contributed by atoms with van der Waals surface area (Å²) in [5.74, 6) is -1.47. The number of carboxylic acids is 1. The van der Waals surface area contributed by atoms with Crippen molar-refractivity contribution in [1.82, 2.24) is 4.98 Å². The number of amides is 1. The molecule has 0 aliphatic carbocycles. The highest BCUT2D eigenvalue weighted by atomic mass is 35.5. The molecule has 0 saturated heterocycles. The summed E-state index contributed by atoms with van der Waals surface area (Å²) in [4.78, 5) is 27.2. The lowest BCUT2D eigenvalue weighted by Gasteiger charge is -2.11. The summed E-state index contributed by atoms with van der Waals surface area (Å²) < 4.78 is 0. The van der Waals surface area contributed by atoms with Crippen LogP contribution < -0.4 is 5.32 Å². The lowest BCUT2D eigenvalue weighted by atomic mass is 10.0. The van der Waals surface area contributed by atoms with Crippen LogP contribution in [0.15, 0.2) is 30.5 Å². The van der Waals surface area contributed by atoms with Crippen LogP contribution >= 0.6 is 11.6 Å². The van der Waals surface area contributed by atoms with E-state index >= 15 is 0 Å². The molecule has 0 unspecified atom stereocenters. The highest BCUT2D eigenvalue weighted by molar-refractivity contribution is 6.33. The molecule has 21 heavy (non-hydrogen) atoms. The number of pyridine rings is 1. The molecule has 0 aliphatic rings. The number of carbonyl (C=O) groups excluding carboxylic acids is 1. The summed E-state index contributed by atoms with van der Waals surface area (Å²) in [5, 5.41) is 11.9. The number of carboxylic acid groups (broad SMARTS) is 1. The average molecular weight is 305 g/mol. The van der Waals surface area contributed by atoms with Gasteiger partial charge >= 0.3 is 5.97 Å². The lowest BCUT2D eigenvalue weighted by Crippen LogP contribution is -2.14. The van der Waals surface area contributed by atoms with E-state index in [1.807, 2.05) is 0 Å². The first-order valence-corrected chi connectivity index (χ1v) is 6.54. The number of aromatic nitrogens is 1. The van der Waals surface area contributed by atoms with Gasteiger partial charge in [-0.3, -0.25) is 4.79 Å². The lowest BCUT2D eigenvalue weighted by molar-refractivity contribution is 0.0695. The molecule has 0 spiro atoms. The molecule has 0 saturated carbocycles. The number of rotatable bonds is 3. The van der Waals surface area contributed by atoms with Gasteiger partial charge in [0.2, 0.25) is 0 Å². The molecule has 0 fully saturated rings. The van der Waals surface area contributed by atoms with Crippen molar-refractivity contribution in [3.63, 3.8) is 0 Å². The molecule has 0 bridgehead atoms. The van der Waals surface area contributed by atoms with Gasteiger partial charge in [-0.25, -0.2) is 9.78 Å². The second kappa shape index (κ2) is 5.93. The zero-order valence-electron chi connectivity index (χ0n) is 11.5. The molecule has 2 aromatic rings. The highest BCUT2D eigenvalue weighted by Crippen LogP contribution is 2.21. The van der Waals surface area contributed by atoms with Crippen LogP contribution in [-0.4, -0.2) is 22.0 Å². The minimum atomic E-state index is -1.04. The second-order valence-electron chi connectivity index (χ2n) is 4.57. The predicted octanol–water partition coefficient (Wildman–Crippen LogP) is 3.30. The predicted molar refractivity (Wildman–Crippen MR) is 80.1 cm³/mol. The van der Waals surface area contributed by atoms with E-state index in [9.17, 15) is 9.59 Å². The van der Waals surface area contributed by atoms with E-state index in [1.54, 1.807) is 32.0 Å². The maximum absolute atomic E-state index is 12.1. The molecule has 1 heterocycles. The van der Waals surface area contributed by atoms with Crippen molar-refractivity contribution in [2.24, 2.45) is 0 Å². The van der Waals surface area contributed by atoms with E-state index in [1.165, 1.54) is 12.3 Å². The smallest absolute Gasteiger partial charge is 0.336 e. The maximum Gasteiger partial charge on any atom is 0.336 e. The largest absolute Gasteiger partial charge is 0.478 e. The summed E-state index contributed by atoms with van der Waals surface area (Å²) >= 11 is 5.86. The number of hydrogen-bond donors (Lipinski definition) is 2. The number of carbonyl (C=O) groups is 2. The second-order valence-corrected chi connectivity index (χ2v) is 4.92. The highest BCUT2D eigenvalue weighted by Gasteiger charge is 2.14. The minimum absolute atomic E-state index is 0.0947. The standard InChI is InChI=1S/C15H13ClN2O3/c1-8-6-10(7-12(9(8)2)15(20)21)18-14(19)11-4-3-5-17-13(11)16/h3-7H,1-2H3,(H,18,19)(H,20,21). The van der Waals surface area contributed by atoms with Gasteiger partial charge in [-0.1, -0.05) is 11.6 Å². The Hall–Kier alpha value is -2.40. The van der Waals surface area contributed by atoms with Gasteiger partial charge < -0.3 is 10.4 Å². The molecular weight excluding hydrogens is 292 g/mol. The fraction of sp³-hybridized carbons (Fsp3) is 0.133. The van der Waals surface area contributed by atoms with Crippen molar-refractivity contribution >= 4 is 29.2 Å². The number of aromatic carboxylic acids is 1. The minimum Gasteiger partial charge on any atom is -0.478 e. The van der Waals surface area contributed by atoms with Crippen molar-refractivity contribution < 1.29 is 14.7 Å². The number of benzene rings is 1. The summed E-state index contributed by atoms with van der Waals surface area (Å²) in [6.45, 7) is 3.51. The molecule has 1 amide bonds. The summed E-state index contributed by atoms with van der Waals surface area (Å²) in [7, 11) is 0.